The minimum Gasteiger partial charge on any atom is -0.461 e. The number of rotatable bonds is 4. The topological polar surface area (TPSA) is 34.7 Å². The average Bonchev–Trinajstić information content (AvgIpc) is 3.24. The van der Waals surface area contributed by atoms with Gasteiger partial charge >= 0.3 is 0 Å². The Kier molecular flexibility index (Phi) is 7.53. The lowest BCUT2D eigenvalue weighted by molar-refractivity contribution is 0.324. The Morgan fingerprint density at radius 3 is 2.53 bits per heavy atom. The number of fused-ring (bicyclic) bond motifs is 2. The van der Waals surface area contributed by atoms with Gasteiger partial charge in [-0.05, 0) is 74.6 Å². The zero-order valence-electron chi connectivity index (χ0n) is 19.5. The van der Waals surface area contributed by atoms with Crippen molar-refractivity contribution in [3.8, 4) is 0 Å². The van der Waals surface area contributed by atoms with E-state index in [0.717, 1.165) is 40.0 Å². The summed E-state index contributed by atoms with van der Waals surface area (Å²) in [6.45, 7) is 15.7. The lowest BCUT2D eigenvalue weighted by atomic mass is 9.83. The van der Waals surface area contributed by atoms with Crippen LogP contribution in [-0.2, 0) is 4.74 Å². The molecule has 1 aliphatic carbocycles. The largest absolute Gasteiger partial charge is 0.461 e. The fourth-order valence-electron chi connectivity index (χ4n) is 4.18. The smallest absolute Gasteiger partial charge is 0.173 e. The Balaban J connectivity index is 0.00000141. The van der Waals surface area contributed by atoms with Crippen molar-refractivity contribution in [2.75, 3.05) is 0 Å². The van der Waals surface area contributed by atoms with Gasteiger partial charge in [-0.15, -0.1) is 0 Å². The van der Waals surface area contributed by atoms with Crippen LogP contribution in [0, 0.1) is 19.8 Å². The standard InChI is InChI=1S/C25H23Cl2NO2.C2H6/c1-6-7-18-15(4)29-23-10-13(2)19(12-21(18)23)17-8-9-22-20(11-17)14(3)24(30-22)25(27)28-16(5)26;1-2/h6-10,12,20H,5,11H2,1-4H3;1-2H3/b7-6-,28-25+;. The van der Waals surface area contributed by atoms with E-state index in [0.29, 0.717) is 5.76 Å². The molecule has 1 aliphatic heterocycles. The Morgan fingerprint density at radius 1 is 1.16 bits per heavy atom. The highest BCUT2D eigenvalue weighted by atomic mass is 35.5. The van der Waals surface area contributed by atoms with Crippen LogP contribution >= 0.6 is 23.2 Å². The molecule has 3 nitrogen and oxygen atoms in total. The Hall–Kier alpha value is -2.49. The minimum absolute atomic E-state index is 0.128. The van der Waals surface area contributed by atoms with E-state index in [1.54, 1.807) is 0 Å². The van der Waals surface area contributed by atoms with Crippen molar-refractivity contribution < 1.29 is 9.15 Å². The number of hydrogen-bond donors (Lipinski definition) is 0. The van der Waals surface area contributed by atoms with E-state index in [4.69, 9.17) is 32.4 Å². The van der Waals surface area contributed by atoms with E-state index in [1.807, 2.05) is 46.8 Å². The van der Waals surface area contributed by atoms with Crippen molar-refractivity contribution in [1.82, 2.24) is 0 Å². The van der Waals surface area contributed by atoms with E-state index < -0.39 is 0 Å². The molecule has 32 heavy (non-hydrogen) atoms. The molecular weight excluding hydrogens is 441 g/mol. The number of aryl methyl sites for hydroxylation is 2. The summed E-state index contributed by atoms with van der Waals surface area (Å²) in [5.41, 5.74) is 6.76. The number of ether oxygens (including phenoxy) is 1. The molecule has 0 spiro atoms. The van der Waals surface area contributed by atoms with Crippen LogP contribution in [0.4, 0.5) is 0 Å². The summed E-state index contributed by atoms with van der Waals surface area (Å²) in [6.07, 6.45) is 9.12. The SMILES string of the molecule is C=C(Cl)/N=C(/Cl)C1=C(C)C2CC(c3cc4c(/C=C\C)c(C)oc4cc3C)=CC=C2O1.CC. The maximum Gasteiger partial charge on any atom is 0.173 e. The van der Waals surface area contributed by atoms with Crippen LogP contribution in [0.5, 0.6) is 0 Å². The lowest BCUT2D eigenvalue weighted by Crippen LogP contribution is -2.07. The number of hydrogen-bond acceptors (Lipinski definition) is 3. The van der Waals surface area contributed by atoms with Crippen molar-refractivity contribution in [2.45, 2.75) is 48.0 Å². The molecular formula is C27H29Cl2NO2. The molecule has 1 aromatic carbocycles. The predicted octanol–water partition coefficient (Wildman–Crippen LogP) is 9.05. The summed E-state index contributed by atoms with van der Waals surface area (Å²) in [7, 11) is 0. The predicted molar refractivity (Wildman–Crippen MR) is 138 cm³/mol. The molecule has 2 aromatic rings. The van der Waals surface area contributed by atoms with Gasteiger partial charge in [0.2, 0.25) is 0 Å². The van der Waals surface area contributed by atoms with Crippen LogP contribution in [0.2, 0.25) is 0 Å². The first-order valence-electron chi connectivity index (χ1n) is 10.8. The molecule has 2 heterocycles. The first kappa shape index (κ1) is 24.2. The molecule has 0 saturated heterocycles. The minimum atomic E-state index is 0.128. The Labute approximate surface area is 200 Å². The van der Waals surface area contributed by atoms with Gasteiger partial charge < -0.3 is 9.15 Å². The van der Waals surface area contributed by atoms with Crippen LogP contribution in [0.15, 0.2) is 68.6 Å². The fourth-order valence-corrected chi connectivity index (χ4v) is 4.60. The quantitative estimate of drug-likeness (QED) is 0.330. The van der Waals surface area contributed by atoms with Crippen molar-refractivity contribution in [3.63, 3.8) is 0 Å². The van der Waals surface area contributed by atoms with Gasteiger partial charge in [0.05, 0.1) is 0 Å². The first-order valence-corrected chi connectivity index (χ1v) is 11.6. The van der Waals surface area contributed by atoms with Crippen LogP contribution in [-0.4, -0.2) is 5.17 Å². The van der Waals surface area contributed by atoms with Crippen LogP contribution < -0.4 is 0 Å². The van der Waals surface area contributed by atoms with E-state index in [-0.39, 0.29) is 16.2 Å². The summed E-state index contributed by atoms with van der Waals surface area (Å²) < 4.78 is 12.0. The molecule has 5 heteroatoms. The monoisotopic (exact) mass is 469 g/mol. The zero-order valence-corrected chi connectivity index (χ0v) is 21.0. The van der Waals surface area contributed by atoms with Crippen molar-refractivity contribution in [3.05, 3.63) is 81.6 Å². The van der Waals surface area contributed by atoms with Gasteiger partial charge in [-0.2, -0.15) is 0 Å². The Morgan fingerprint density at radius 2 is 1.88 bits per heavy atom. The highest BCUT2D eigenvalue weighted by Crippen LogP contribution is 2.45. The van der Waals surface area contributed by atoms with Gasteiger partial charge in [-0.1, -0.05) is 61.9 Å². The number of benzene rings is 1. The first-order chi connectivity index (χ1) is 15.3. The normalized spacial score (nSPS) is 18.2. The van der Waals surface area contributed by atoms with Gasteiger partial charge in [-0.3, -0.25) is 0 Å². The summed E-state index contributed by atoms with van der Waals surface area (Å²) in [6, 6.07) is 4.36. The van der Waals surface area contributed by atoms with Gasteiger partial charge in [0, 0.05) is 16.9 Å². The number of nitrogens with zero attached hydrogens (tertiary/aromatic N) is 1. The molecule has 1 atom stereocenters. The molecule has 2 aliphatic rings. The summed E-state index contributed by atoms with van der Waals surface area (Å²) in [4.78, 5) is 4.03. The molecule has 1 unspecified atom stereocenters. The Bertz CT molecular complexity index is 1220. The van der Waals surface area contributed by atoms with Crippen molar-refractivity contribution in [2.24, 2.45) is 10.9 Å². The molecule has 4 rings (SSSR count). The maximum absolute atomic E-state index is 6.30. The van der Waals surface area contributed by atoms with Crippen LogP contribution in [0.1, 0.15) is 56.6 Å². The van der Waals surface area contributed by atoms with Gasteiger partial charge in [0.25, 0.3) is 0 Å². The summed E-state index contributed by atoms with van der Waals surface area (Å²) >= 11 is 12.1. The number of halogens is 2. The molecule has 1 aromatic heterocycles. The molecule has 0 fully saturated rings. The number of aliphatic imine (C=N–C) groups is 1. The molecule has 168 valence electrons. The van der Waals surface area contributed by atoms with Gasteiger partial charge in [-0.25, -0.2) is 4.99 Å². The number of furan rings is 1. The van der Waals surface area contributed by atoms with Crippen LogP contribution in [0.25, 0.3) is 22.6 Å². The molecule has 0 radical (unpaired) electrons. The highest BCUT2D eigenvalue weighted by Gasteiger charge is 2.34. The third-order valence-electron chi connectivity index (χ3n) is 5.66. The van der Waals surface area contributed by atoms with Gasteiger partial charge in [0.1, 0.15) is 22.3 Å². The average molecular weight is 470 g/mol. The van der Waals surface area contributed by atoms with Crippen molar-refractivity contribution >= 4 is 51.0 Å². The number of allylic oxidation sites excluding steroid dienone is 6. The van der Waals surface area contributed by atoms with Gasteiger partial charge in [0.15, 0.2) is 10.9 Å². The third-order valence-corrected chi connectivity index (χ3v) is 6.00. The summed E-state index contributed by atoms with van der Waals surface area (Å²) in [5, 5.41) is 1.49. The highest BCUT2D eigenvalue weighted by molar-refractivity contribution is 6.69. The second-order valence-corrected chi connectivity index (χ2v) is 8.44. The lowest BCUT2D eigenvalue weighted by Gasteiger charge is -2.20. The van der Waals surface area contributed by atoms with E-state index >= 15 is 0 Å². The van der Waals surface area contributed by atoms with E-state index in [2.05, 4.69) is 42.8 Å². The van der Waals surface area contributed by atoms with E-state index in [9.17, 15) is 0 Å². The zero-order chi connectivity index (χ0) is 23.6. The van der Waals surface area contributed by atoms with E-state index in [1.165, 1.54) is 16.7 Å². The molecule has 0 saturated carbocycles. The van der Waals surface area contributed by atoms with Crippen molar-refractivity contribution in [1.29, 1.82) is 0 Å². The van der Waals surface area contributed by atoms with Crippen LogP contribution in [0.3, 0.4) is 0 Å². The molecule has 0 bridgehead atoms. The third kappa shape index (κ3) is 4.51. The fraction of sp³-hybridized carbons (Fsp3) is 0.296. The maximum atomic E-state index is 6.30. The summed E-state index contributed by atoms with van der Waals surface area (Å²) in [5.74, 6) is 2.51. The second-order valence-electron chi connectivity index (χ2n) is 7.65. The second kappa shape index (κ2) is 9.97. The molecule has 0 N–H and O–H groups in total. The molecule has 0 amide bonds.